The van der Waals surface area contributed by atoms with Crippen molar-refractivity contribution in [2.24, 2.45) is 0 Å². The van der Waals surface area contributed by atoms with Crippen LogP contribution >= 0.6 is 0 Å². The number of alkyl halides is 3. The van der Waals surface area contributed by atoms with Crippen LogP contribution in [0.2, 0.25) is 19.1 Å². The molecule has 0 rings (SSSR count). The van der Waals surface area contributed by atoms with E-state index in [0.29, 0.717) is 0 Å². The third kappa shape index (κ3) is 8.31. The highest BCUT2D eigenvalue weighted by molar-refractivity contribution is 6.71. The molecule has 14 heavy (non-hydrogen) atoms. The predicted octanol–water partition coefficient (Wildman–Crippen LogP) is 3.74. The van der Waals surface area contributed by atoms with Gasteiger partial charge in [0.2, 0.25) is 0 Å². The molecule has 0 aliphatic heterocycles. The van der Waals surface area contributed by atoms with Gasteiger partial charge in [-0.15, -0.1) is 6.58 Å². The molecular weight excluding hydrogens is 209 g/mol. The number of hydrogen-bond donors (Lipinski definition) is 0. The summed E-state index contributed by atoms with van der Waals surface area (Å²) in [6.45, 7) is 6.06. The lowest BCUT2D eigenvalue weighted by molar-refractivity contribution is -0.155. The summed E-state index contributed by atoms with van der Waals surface area (Å²) in [5.74, 6) is 0. The van der Waals surface area contributed by atoms with E-state index in [1.807, 2.05) is 13.1 Å². The summed E-state index contributed by atoms with van der Waals surface area (Å²) >= 11 is 0. The normalized spacial score (nSPS) is 12.9. The third-order valence-electron chi connectivity index (χ3n) is 1.81. The van der Waals surface area contributed by atoms with Gasteiger partial charge in [0.05, 0.1) is 0 Å². The highest BCUT2D eigenvalue weighted by atomic mass is 28.4. The lowest BCUT2D eigenvalue weighted by Crippen LogP contribution is -2.34. The van der Waals surface area contributed by atoms with E-state index in [1.165, 1.54) is 0 Å². The molecular formula is C9H17F3OSi. The van der Waals surface area contributed by atoms with Gasteiger partial charge in [-0.1, -0.05) is 12.5 Å². The molecule has 5 heteroatoms. The Kier molecular flexibility index (Phi) is 5.44. The molecule has 0 aromatic carbocycles. The summed E-state index contributed by atoms with van der Waals surface area (Å²) in [4.78, 5) is 0. The van der Waals surface area contributed by atoms with Gasteiger partial charge < -0.3 is 4.43 Å². The molecule has 0 saturated heterocycles. The van der Waals surface area contributed by atoms with Crippen LogP contribution in [0, 0.1) is 0 Å². The molecule has 0 aliphatic rings. The van der Waals surface area contributed by atoms with Gasteiger partial charge in [0, 0.05) is 0 Å². The van der Waals surface area contributed by atoms with Crippen molar-refractivity contribution in [1.29, 1.82) is 0 Å². The van der Waals surface area contributed by atoms with E-state index in [4.69, 9.17) is 4.43 Å². The minimum absolute atomic E-state index is 0.745. The van der Waals surface area contributed by atoms with Crippen molar-refractivity contribution in [1.82, 2.24) is 0 Å². The van der Waals surface area contributed by atoms with Crippen molar-refractivity contribution >= 4 is 8.32 Å². The van der Waals surface area contributed by atoms with Crippen molar-refractivity contribution in [2.45, 2.75) is 38.2 Å². The molecule has 0 spiro atoms. The van der Waals surface area contributed by atoms with Gasteiger partial charge in [0.25, 0.3) is 0 Å². The van der Waals surface area contributed by atoms with E-state index in [0.717, 1.165) is 18.9 Å². The van der Waals surface area contributed by atoms with Crippen molar-refractivity contribution in [3.63, 3.8) is 0 Å². The predicted molar refractivity (Wildman–Crippen MR) is 53.7 cm³/mol. The molecule has 0 saturated carbocycles. The number of unbranched alkanes of at least 4 members (excludes halogenated alkanes) is 1. The van der Waals surface area contributed by atoms with Crippen LogP contribution < -0.4 is 0 Å². The molecule has 0 heterocycles. The van der Waals surface area contributed by atoms with Crippen LogP contribution in [-0.2, 0) is 4.43 Å². The number of hydrogen-bond acceptors (Lipinski definition) is 1. The molecule has 0 fully saturated rings. The zero-order valence-electron chi connectivity index (χ0n) is 8.66. The Morgan fingerprint density at radius 1 is 1.36 bits per heavy atom. The SMILES string of the molecule is C=CCCC[Si](C)(C)OCC(F)(F)F. The molecule has 0 amide bonds. The van der Waals surface area contributed by atoms with E-state index in [9.17, 15) is 13.2 Å². The van der Waals surface area contributed by atoms with E-state index in [-0.39, 0.29) is 0 Å². The van der Waals surface area contributed by atoms with Crippen LogP contribution in [0.4, 0.5) is 13.2 Å². The molecule has 0 bridgehead atoms. The Hall–Kier alpha value is -0.293. The molecule has 0 aromatic rings. The molecule has 1 nitrogen and oxygen atoms in total. The average molecular weight is 226 g/mol. The maximum atomic E-state index is 11.9. The van der Waals surface area contributed by atoms with Gasteiger partial charge in [-0.2, -0.15) is 13.2 Å². The number of halogens is 3. The molecule has 0 radical (unpaired) electrons. The standard InChI is InChI=1S/C9H17F3OSi/c1-4-5-6-7-14(2,3)13-8-9(10,11)12/h4H,1,5-8H2,2-3H3. The first-order chi connectivity index (χ1) is 6.27. The summed E-state index contributed by atoms with van der Waals surface area (Å²) in [6, 6.07) is 0.745. The summed E-state index contributed by atoms with van der Waals surface area (Å²) in [5.41, 5.74) is 0. The highest BCUT2D eigenvalue weighted by Crippen LogP contribution is 2.21. The second kappa shape index (κ2) is 5.55. The fraction of sp³-hybridized carbons (Fsp3) is 0.778. The van der Waals surface area contributed by atoms with Crippen LogP contribution in [0.15, 0.2) is 12.7 Å². The van der Waals surface area contributed by atoms with Gasteiger partial charge in [-0.05, 0) is 25.6 Å². The van der Waals surface area contributed by atoms with Gasteiger partial charge in [0.1, 0.15) is 6.61 Å². The van der Waals surface area contributed by atoms with E-state index in [2.05, 4.69) is 6.58 Å². The molecule has 0 aromatic heterocycles. The fourth-order valence-electron chi connectivity index (χ4n) is 1.02. The zero-order chi connectivity index (χ0) is 11.2. The maximum absolute atomic E-state index is 11.9. The van der Waals surface area contributed by atoms with Crippen LogP contribution in [0.1, 0.15) is 12.8 Å². The lowest BCUT2D eigenvalue weighted by atomic mass is 10.3. The number of rotatable bonds is 6. The van der Waals surface area contributed by atoms with E-state index >= 15 is 0 Å². The minimum Gasteiger partial charge on any atom is -0.408 e. The van der Waals surface area contributed by atoms with Gasteiger partial charge in [-0.3, -0.25) is 0 Å². The molecule has 0 atom stereocenters. The molecule has 84 valence electrons. The summed E-state index contributed by atoms with van der Waals surface area (Å²) < 4.78 is 40.5. The Balaban J connectivity index is 3.77. The first-order valence-corrected chi connectivity index (χ1v) is 7.70. The third-order valence-corrected chi connectivity index (χ3v) is 4.30. The molecule has 0 unspecified atom stereocenters. The monoisotopic (exact) mass is 226 g/mol. The zero-order valence-corrected chi connectivity index (χ0v) is 9.66. The quantitative estimate of drug-likeness (QED) is 0.381. The second-order valence-corrected chi connectivity index (χ2v) is 8.15. The van der Waals surface area contributed by atoms with Crippen LogP contribution in [-0.4, -0.2) is 21.1 Å². The Morgan fingerprint density at radius 3 is 2.36 bits per heavy atom. The Morgan fingerprint density at radius 2 is 1.93 bits per heavy atom. The van der Waals surface area contributed by atoms with Crippen molar-refractivity contribution < 1.29 is 17.6 Å². The number of allylic oxidation sites excluding steroid dienone is 1. The fourth-order valence-corrected chi connectivity index (χ4v) is 2.78. The largest absolute Gasteiger partial charge is 0.410 e. The van der Waals surface area contributed by atoms with Gasteiger partial charge in [0.15, 0.2) is 8.32 Å². The van der Waals surface area contributed by atoms with Crippen LogP contribution in [0.25, 0.3) is 0 Å². The average Bonchev–Trinajstić information content (AvgIpc) is 2.00. The Labute approximate surface area is 84.1 Å². The smallest absolute Gasteiger partial charge is 0.408 e. The molecule has 0 aliphatic carbocycles. The first-order valence-electron chi connectivity index (χ1n) is 4.58. The maximum Gasteiger partial charge on any atom is 0.410 e. The lowest BCUT2D eigenvalue weighted by Gasteiger charge is -2.23. The summed E-state index contributed by atoms with van der Waals surface area (Å²) in [7, 11) is -2.12. The summed E-state index contributed by atoms with van der Waals surface area (Å²) in [5, 5.41) is 0. The Bertz CT molecular complexity index is 177. The van der Waals surface area contributed by atoms with Crippen molar-refractivity contribution in [3.05, 3.63) is 12.7 Å². The van der Waals surface area contributed by atoms with Crippen LogP contribution in [0.3, 0.4) is 0 Å². The second-order valence-electron chi connectivity index (χ2n) is 3.84. The van der Waals surface area contributed by atoms with Gasteiger partial charge >= 0.3 is 6.18 Å². The van der Waals surface area contributed by atoms with Crippen LogP contribution in [0.5, 0.6) is 0 Å². The van der Waals surface area contributed by atoms with Crippen molar-refractivity contribution in [2.75, 3.05) is 6.61 Å². The van der Waals surface area contributed by atoms with Crippen molar-refractivity contribution in [3.8, 4) is 0 Å². The highest BCUT2D eigenvalue weighted by Gasteiger charge is 2.32. The first kappa shape index (κ1) is 13.7. The van der Waals surface area contributed by atoms with E-state index in [1.54, 1.807) is 6.08 Å². The van der Waals surface area contributed by atoms with E-state index < -0.39 is 21.1 Å². The summed E-state index contributed by atoms with van der Waals surface area (Å²) in [6.07, 6.45) is -0.733. The minimum atomic E-state index is -4.21. The topological polar surface area (TPSA) is 9.23 Å². The molecule has 0 N–H and O–H groups in total. The van der Waals surface area contributed by atoms with Gasteiger partial charge in [-0.25, -0.2) is 0 Å².